The average Bonchev–Trinajstić information content (AvgIpc) is 3.26. The number of piperidine rings is 1. The van der Waals surface area contributed by atoms with Crippen LogP contribution in [0.25, 0.3) is 11.4 Å². The number of aromatic nitrogens is 4. The number of nitrogens with one attached hydrogen (secondary N) is 1. The summed E-state index contributed by atoms with van der Waals surface area (Å²) in [5.74, 6) is -0.716. The van der Waals surface area contributed by atoms with Crippen molar-refractivity contribution in [1.82, 2.24) is 30.6 Å². The van der Waals surface area contributed by atoms with Gasteiger partial charge in [0.05, 0.1) is 17.7 Å². The number of hydrogen-bond donors (Lipinski definition) is 1. The lowest BCUT2D eigenvalue weighted by Gasteiger charge is -2.27. The highest BCUT2D eigenvalue weighted by Crippen LogP contribution is 2.33. The van der Waals surface area contributed by atoms with Gasteiger partial charge in [0.2, 0.25) is 17.6 Å². The second-order valence-electron chi connectivity index (χ2n) is 10.6. The Labute approximate surface area is 248 Å². The zero-order chi connectivity index (χ0) is 30.3. The van der Waals surface area contributed by atoms with Gasteiger partial charge in [0, 0.05) is 24.8 Å². The molecule has 1 fully saturated rings. The van der Waals surface area contributed by atoms with Crippen LogP contribution >= 0.6 is 0 Å². The summed E-state index contributed by atoms with van der Waals surface area (Å²) in [4.78, 5) is 63.2. The minimum Gasteiger partial charge on any atom is -0.493 e. The molecule has 5 rings (SSSR count). The van der Waals surface area contributed by atoms with Crippen LogP contribution in [0, 0.1) is 6.92 Å². The summed E-state index contributed by atoms with van der Waals surface area (Å²) in [6.07, 6.45) is 5.06. The second kappa shape index (κ2) is 13.4. The minimum atomic E-state index is -1.02. The second-order valence-corrected chi connectivity index (χ2v) is 10.6. The van der Waals surface area contributed by atoms with Gasteiger partial charge in [-0.15, -0.1) is 20.4 Å². The first-order chi connectivity index (χ1) is 20.8. The molecule has 12 heteroatoms. The number of hydrogen-bond acceptors (Lipinski definition) is 10. The fourth-order valence-electron chi connectivity index (χ4n) is 5.19. The molecule has 0 aliphatic carbocycles. The van der Waals surface area contributed by atoms with Crippen molar-refractivity contribution in [3.05, 3.63) is 65.0 Å². The van der Waals surface area contributed by atoms with E-state index in [1.54, 1.807) is 19.1 Å². The predicted octanol–water partition coefficient (Wildman–Crippen LogP) is 3.17. The van der Waals surface area contributed by atoms with Crippen LogP contribution in [0.15, 0.2) is 42.5 Å². The number of unbranched alkanes of at least 4 members (excludes halogenated alkanes) is 3. The molecule has 2 aromatic carbocycles. The van der Waals surface area contributed by atoms with E-state index in [1.807, 2.05) is 24.3 Å². The molecule has 2 aliphatic rings. The minimum absolute atomic E-state index is 0.0637. The van der Waals surface area contributed by atoms with Gasteiger partial charge < -0.3 is 4.74 Å². The van der Waals surface area contributed by atoms with Gasteiger partial charge >= 0.3 is 0 Å². The van der Waals surface area contributed by atoms with Gasteiger partial charge in [0.15, 0.2) is 5.82 Å². The molecule has 1 saturated heterocycles. The lowest BCUT2D eigenvalue weighted by molar-refractivity contribution is -0.136. The quantitative estimate of drug-likeness (QED) is 0.233. The number of ketones is 1. The predicted molar refractivity (Wildman–Crippen MR) is 153 cm³/mol. The van der Waals surface area contributed by atoms with Crippen molar-refractivity contribution in [1.29, 1.82) is 0 Å². The zero-order valence-electron chi connectivity index (χ0n) is 23.9. The van der Waals surface area contributed by atoms with Crippen LogP contribution in [0.2, 0.25) is 0 Å². The number of rotatable bonds is 13. The first kappa shape index (κ1) is 29.6. The van der Waals surface area contributed by atoms with E-state index < -0.39 is 29.7 Å². The van der Waals surface area contributed by atoms with Crippen molar-refractivity contribution in [2.24, 2.45) is 0 Å². The van der Waals surface area contributed by atoms with E-state index in [2.05, 4.69) is 25.7 Å². The van der Waals surface area contributed by atoms with Crippen LogP contribution in [0.1, 0.15) is 83.5 Å². The summed E-state index contributed by atoms with van der Waals surface area (Å²) in [7, 11) is 0. The number of benzene rings is 2. The van der Waals surface area contributed by atoms with E-state index in [4.69, 9.17) is 4.74 Å². The summed E-state index contributed by atoms with van der Waals surface area (Å²) < 4.78 is 5.87. The average molecular weight is 585 g/mol. The standard InChI is InChI=1S/C31H32N6O6/c1-19-33-35-28(36-34-19)21-13-10-20(11-14-21)12-15-22(38)7-4-2-3-5-18-43-25-9-6-8-23-27(25)31(42)37(30(23)41)24-16-17-26(39)32-29(24)40/h6,8-11,13-14,24H,2-5,7,12,15-18H2,1H3,(H,32,39,40). The van der Waals surface area contributed by atoms with Gasteiger partial charge in [-0.2, -0.15) is 0 Å². The third-order valence-electron chi connectivity index (χ3n) is 7.52. The Balaban J connectivity index is 1.00. The fourth-order valence-corrected chi connectivity index (χ4v) is 5.19. The molecular formula is C31H32N6O6. The normalized spacial score (nSPS) is 16.3. The Morgan fingerprint density at radius 3 is 2.40 bits per heavy atom. The molecule has 1 atom stereocenters. The maximum atomic E-state index is 13.1. The molecule has 0 bridgehead atoms. The third kappa shape index (κ3) is 6.96. The molecule has 0 radical (unpaired) electrons. The van der Waals surface area contributed by atoms with E-state index in [1.165, 1.54) is 6.07 Å². The number of fused-ring (bicyclic) bond motifs is 1. The van der Waals surface area contributed by atoms with Crippen molar-refractivity contribution < 1.29 is 28.7 Å². The number of amides is 4. The van der Waals surface area contributed by atoms with Crippen LogP contribution in [0.5, 0.6) is 5.75 Å². The summed E-state index contributed by atoms with van der Waals surface area (Å²) in [6, 6.07) is 11.5. The lowest BCUT2D eigenvalue weighted by Crippen LogP contribution is -2.54. The SMILES string of the molecule is Cc1nnc(-c2ccc(CCC(=O)CCCCCCOc3cccc4c3C(=O)N(C3CCC(=O)NC3=O)C4=O)cc2)nn1. The Morgan fingerprint density at radius 1 is 0.907 bits per heavy atom. The number of carbonyl (C=O) groups is 5. The molecule has 3 aromatic rings. The first-order valence-electron chi connectivity index (χ1n) is 14.4. The van der Waals surface area contributed by atoms with Gasteiger partial charge in [0.1, 0.15) is 17.6 Å². The maximum Gasteiger partial charge on any atom is 0.266 e. The van der Waals surface area contributed by atoms with Crippen LogP contribution in [-0.4, -0.2) is 67.4 Å². The smallest absolute Gasteiger partial charge is 0.266 e. The van der Waals surface area contributed by atoms with Crippen LogP contribution < -0.4 is 10.1 Å². The Bertz CT molecular complexity index is 1540. The molecule has 2 aliphatic heterocycles. The largest absolute Gasteiger partial charge is 0.493 e. The first-order valence-corrected chi connectivity index (χ1v) is 14.4. The molecule has 1 aromatic heterocycles. The lowest BCUT2D eigenvalue weighted by atomic mass is 10.0. The monoisotopic (exact) mass is 584 g/mol. The highest BCUT2D eigenvalue weighted by Gasteiger charge is 2.46. The molecule has 0 spiro atoms. The number of ether oxygens (including phenoxy) is 1. The number of carbonyl (C=O) groups excluding carboxylic acids is 5. The van der Waals surface area contributed by atoms with Crippen LogP contribution in [0.4, 0.5) is 0 Å². The van der Waals surface area contributed by atoms with Gasteiger partial charge in [-0.05, 0) is 50.3 Å². The van der Waals surface area contributed by atoms with E-state index in [-0.39, 0.29) is 29.8 Å². The number of Topliss-reactive ketones (excluding diaryl/α,β-unsaturated/α-hetero) is 1. The zero-order valence-corrected chi connectivity index (χ0v) is 23.9. The van der Waals surface area contributed by atoms with Crippen molar-refractivity contribution in [2.45, 2.75) is 70.8 Å². The van der Waals surface area contributed by atoms with E-state index in [9.17, 15) is 24.0 Å². The van der Waals surface area contributed by atoms with E-state index in [0.717, 1.165) is 41.7 Å². The summed E-state index contributed by atoms with van der Waals surface area (Å²) >= 11 is 0. The summed E-state index contributed by atoms with van der Waals surface area (Å²) in [5, 5.41) is 18.1. The highest BCUT2D eigenvalue weighted by atomic mass is 16.5. The van der Waals surface area contributed by atoms with Gasteiger partial charge in [-0.1, -0.05) is 43.2 Å². The molecule has 3 heterocycles. The fraction of sp³-hybridized carbons (Fsp3) is 0.387. The van der Waals surface area contributed by atoms with Crippen molar-refractivity contribution in [3.8, 4) is 17.1 Å². The van der Waals surface area contributed by atoms with Crippen molar-refractivity contribution in [3.63, 3.8) is 0 Å². The van der Waals surface area contributed by atoms with Crippen molar-refractivity contribution in [2.75, 3.05) is 6.61 Å². The molecule has 4 amide bonds. The van der Waals surface area contributed by atoms with Gasteiger partial charge in [-0.3, -0.25) is 34.2 Å². The topological polar surface area (TPSA) is 161 Å². The number of nitrogens with zero attached hydrogens (tertiary/aromatic N) is 5. The van der Waals surface area contributed by atoms with E-state index in [0.29, 0.717) is 43.3 Å². The summed E-state index contributed by atoms with van der Waals surface area (Å²) in [5.41, 5.74) is 2.23. The van der Waals surface area contributed by atoms with Crippen molar-refractivity contribution >= 4 is 29.4 Å². The molecule has 12 nitrogen and oxygen atoms in total. The Morgan fingerprint density at radius 2 is 1.65 bits per heavy atom. The molecule has 1 unspecified atom stereocenters. The molecule has 0 saturated carbocycles. The molecule has 1 N–H and O–H groups in total. The van der Waals surface area contributed by atoms with Gasteiger partial charge in [-0.25, -0.2) is 0 Å². The third-order valence-corrected chi connectivity index (χ3v) is 7.52. The van der Waals surface area contributed by atoms with Crippen LogP contribution in [-0.2, 0) is 20.8 Å². The van der Waals surface area contributed by atoms with Gasteiger partial charge in [0.25, 0.3) is 11.8 Å². The number of aryl methyl sites for hydroxylation is 2. The summed E-state index contributed by atoms with van der Waals surface area (Å²) in [6.45, 7) is 2.08. The molecule has 43 heavy (non-hydrogen) atoms. The Kier molecular flexibility index (Phi) is 9.23. The number of imide groups is 2. The highest BCUT2D eigenvalue weighted by molar-refractivity contribution is 6.24. The Hall–Kier alpha value is -4.87. The van der Waals surface area contributed by atoms with E-state index >= 15 is 0 Å². The molecule has 222 valence electrons. The maximum absolute atomic E-state index is 13.1. The molecular weight excluding hydrogens is 552 g/mol. The van der Waals surface area contributed by atoms with Crippen LogP contribution in [0.3, 0.4) is 0 Å².